The van der Waals surface area contributed by atoms with E-state index in [1.165, 1.54) is 6.33 Å². The Labute approximate surface area is 257 Å². The van der Waals surface area contributed by atoms with Crippen LogP contribution in [0.5, 0.6) is 0 Å². The van der Waals surface area contributed by atoms with Crippen LogP contribution < -0.4 is 11.1 Å². The minimum absolute atomic E-state index is 0.0810. The van der Waals surface area contributed by atoms with Crippen LogP contribution in [0.4, 0.5) is 24.7 Å². The summed E-state index contributed by atoms with van der Waals surface area (Å²) in [5, 5.41) is 17.7. The Bertz CT molecular complexity index is 1820. The van der Waals surface area contributed by atoms with Crippen molar-refractivity contribution in [3.05, 3.63) is 77.6 Å². The lowest BCUT2D eigenvalue weighted by Gasteiger charge is -2.33. The molecule has 3 N–H and O–H groups in total. The summed E-state index contributed by atoms with van der Waals surface area (Å²) >= 11 is 0. The molecule has 4 aromatic rings. The third-order valence-corrected chi connectivity index (χ3v) is 7.37. The molecule has 13 heteroatoms. The fourth-order valence-corrected chi connectivity index (χ4v) is 5.26. The Morgan fingerprint density at radius 1 is 1.07 bits per heavy atom. The molecule has 0 radical (unpaired) electrons. The number of fused-ring (bicyclic) bond motifs is 1. The van der Waals surface area contributed by atoms with Crippen molar-refractivity contribution in [1.82, 2.24) is 24.6 Å². The molecule has 2 aromatic heterocycles. The number of carbonyl (C=O) groups is 2. The van der Waals surface area contributed by atoms with E-state index in [0.29, 0.717) is 47.5 Å². The van der Waals surface area contributed by atoms with Crippen molar-refractivity contribution in [2.24, 2.45) is 5.41 Å². The van der Waals surface area contributed by atoms with Crippen molar-refractivity contribution in [2.75, 3.05) is 24.1 Å². The summed E-state index contributed by atoms with van der Waals surface area (Å²) in [5.41, 5.74) is 7.40. The van der Waals surface area contributed by atoms with Crippen molar-refractivity contribution < 1.29 is 22.8 Å². The van der Waals surface area contributed by atoms with E-state index in [0.717, 1.165) is 30.7 Å². The summed E-state index contributed by atoms with van der Waals surface area (Å²) in [7, 11) is 0. The first-order chi connectivity index (χ1) is 21.2. The van der Waals surface area contributed by atoms with Gasteiger partial charge in [-0.15, -0.1) is 0 Å². The normalized spacial score (nSPS) is 16.0. The molecule has 0 saturated carbocycles. The van der Waals surface area contributed by atoms with Gasteiger partial charge >= 0.3 is 6.18 Å². The number of hydrogen-bond acceptors (Lipinski definition) is 7. The Morgan fingerprint density at radius 3 is 2.38 bits per heavy atom. The minimum Gasteiger partial charge on any atom is -0.383 e. The predicted molar refractivity (Wildman–Crippen MR) is 163 cm³/mol. The standard InChI is InChI=1S/C32H31F3N8O2/c1-31(2,3)15-21(16-36)30(45)42-14-4-5-24(17-42)43-28-25(27(37)38-18-39-28)26(41-43)19-8-12-23(13-9-19)40-29(44)20-6-10-22(11-7-20)32(33,34)35/h6-13,15,18,24H,4-5,14,17H2,1-3H3,(H,40,44)(H2,37,38,39)/b21-15+/t24-/m1/s1. The maximum atomic E-state index is 13.3. The van der Waals surface area contributed by atoms with Gasteiger partial charge in [0.05, 0.1) is 17.0 Å². The zero-order valence-electron chi connectivity index (χ0n) is 24.9. The second kappa shape index (κ2) is 12.0. The average Bonchev–Trinajstić information content (AvgIpc) is 3.40. The van der Waals surface area contributed by atoms with Crippen LogP contribution in [0.3, 0.4) is 0 Å². The molecule has 1 fully saturated rings. The zero-order chi connectivity index (χ0) is 32.5. The van der Waals surface area contributed by atoms with Gasteiger partial charge in [0, 0.05) is 29.9 Å². The topological polar surface area (TPSA) is 143 Å². The molecule has 3 heterocycles. The van der Waals surface area contributed by atoms with E-state index in [-0.39, 0.29) is 34.3 Å². The number of nitrogens with one attached hydrogen (secondary N) is 1. The smallest absolute Gasteiger partial charge is 0.383 e. The fourth-order valence-electron chi connectivity index (χ4n) is 5.26. The van der Waals surface area contributed by atoms with Crippen LogP contribution in [0, 0.1) is 16.7 Å². The Balaban J connectivity index is 1.39. The number of nitrogens with two attached hydrogens (primary N) is 1. The van der Waals surface area contributed by atoms with Gasteiger partial charge in [-0.2, -0.15) is 23.5 Å². The van der Waals surface area contributed by atoms with E-state index in [1.807, 2.05) is 26.8 Å². The predicted octanol–water partition coefficient (Wildman–Crippen LogP) is 6.01. The number of aromatic nitrogens is 4. The van der Waals surface area contributed by atoms with Crippen molar-refractivity contribution in [2.45, 2.75) is 45.8 Å². The molecule has 0 unspecified atom stereocenters. The number of likely N-dealkylation sites (tertiary alicyclic amines) is 1. The third kappa shape index (κ3) is 6.80. The number of benzene rings is 2. The number of anilines is 2. The second-order valence-electron chi connectivity index (χ2n) is 11.9. The third-order valence-electron chi connectivity index (χ3n) is 7.37. The van der Waals surface area contributed by atoms with Crippen molar-refractivity contribution in [3.8, 4) is 17.3 Å². The van der Waals surface area contributed by atoms with Crippen LogP contribution in [0.2, 0.25) is 0 Å². The number of allylic oxidation sites excluding steroid dienone is 1. The molecule has 1 aliphatic heterocycles. The number of nitrogens with zero attached hydrogens (tertiary/aromatic N) is 6. The van der Waals surface area contributed by atoms with Gasteiger partial charge in [-0.3, -0.25) is 9.59 Å². The molecule has 232 valence electrons. The van der Waals surface area contributed by atoms with Crippen LogP contribution in [-0.4, -0.2) is 49.6 Å². The molecular formula is C32H31F3N8O2. The minimum atomic E-state index is -4.49. The van der Waals surface area contributed by atoms with Crippen LogP contribution in [0.15, 0.2) is 66.5 Å². The summed E-state index contributed by atoms with van der Waals surface area (Å²) in [6, 6.07) is 12.5. The number of nitrogen functional groups attached to an aromatic ring is 1. The van der Waals surface area contributed by atoms with Gasteiger partial charge in [-0.25, -0.2) is 14.6 Å². The molecule has 1 saturated heterocycles. The Hall–Kier alpha value is -5.25. The van der Waals surface area contributed by atoms with Gasteiger partial charge < -0.3 is 16.0 Å². The molecule has 1 aliphatic rings. The number of piperidine rings is 1. The lowest BCUT2D eigenvalue weighted by atomic mass is 9.93. The number of alkyl halides is 3. The average molecular weight is 617 g/mol. The van der Waals surface area contributed by atoms with E-state index in [4.69, 9.17) is 10.8 Å². The van der Waals surface area contributed by atoms with Gasteiger partial charge in [-0.05, 0) is 54.7 Å². The van der Waals surface area contributed by atoms with Crippen molar-refractivity contribution in [1.29, 1.82) is 5.26 Å². The summed E-state index contributed by atoms with van der Waals surface area (Å²) in [5.74, 6) is -0.654. The number of nitriles is 1. The molecule has 5 rings (SSSR count). The number of halogens is 3. The molecule has 2 amide bonds. The lowest BCUT2D eigenvalue weighted by molar-refractivity contribution is -0.137. The van der Waals surface area contributed by atoms with E-state index >= 15 is 0 Å². The highest BCUT2D eigenvalue weighted by Gasteiger charge is 2.31. The molecule has 45 heavy (non-hydrogen) atoms. The molecule has 0 spiro atoms. The SMILES string of the molecule is CC(C)(C)/C=C(\C#N)C(=O)N1CCC[C@@H](n2nc(-c3ccc(NC(=O)c4ccc(C(F)(F)F)cc4)cc3)c3c(N)ncnc32)C1. The number of rotatable bonds is 5. The maximum absolute atomic E-state index is 13.3. The van der Waals surface area contributed by atoms with Crippen LogP contribution >= 0.6 is 0 Å². The monoisotopic (exact) mass is 616 g/mol. The second-order valence-corrected chi connectivity index (χ2v) is 11.9. The zero-order valence-corrected chi connectivity index (χ0v) is 24.9. The first kappa shape index (κ1) is 31.2. The largest absolute Gasteiger partial charge is 0.416 e. The number of amides is 2. The van der Waals surface area contributed by atoms with Gasteiger partial charge in [0.1, 0.15) is 29.5 Å². The van der Waals surface area contributed by atoms with Gasteiger partial charge in [0.15, 0.2) is 5.65 Å². The molecule has 1 atom stereocenters. The molecule has 2 aromatic carbocycles. The van der Waals surface area contributed by atoms with Crippen LogP contribution in [-0.2, 0) is 11.0 Å². The summed E-state index contributed by atoms with van der Waals surface area (Å²) in [6.07, 6.45) is -0.0253. The van der Waals surface area contributed by atoms with Crippen LogP contribution in [0.25, 0.3) is 22.3 Å². The quantitative estimate of drug-likeness (QED) is 0.207. The van der Waals surface area contributed by atoms with Gasteiger partial charge in [0.2, 0.25) is 0 Å². The van der Waals surface area contributed by atoms with E-state index in [1.54, 1.807) is 39.9 Å². The highest BCUT2D eigenvalue weighted by Crippen LogP contribution is 2.35. The lowest BCUT2D eigenvalue weighted by Crippen LogP contribution is -2.41. The summed E-state index contributed by atoms with van der Waals surface area (Å²) in [6.45, 7) is 6.63. The summed E-state index contributed by atoms with van der Waals surface area (Å²) in [4.78, 5) is 36.2. The first-order valence-electron chi connectivity index (χ1n) is 14.2. The van der Waals surface area contributed by atoms with Crippen LogP contribution in [0.1, 0.15) is 55.6 Å². The highest BCUT2D eigenvalue weighted by atomic mass is 19.4. The van der Waals surface area contributed by atoms with E-state index in [2.05, 4.69) is 15.3 Å². The Morgan fingerprint density at radius 2 is 1.76 bits per heavy atom. The van der Waals surface area contributed by atoms with E-state index < -0.39 is 17.6 Å². The molecular weight excluding hydrogens is 585 g/mol. The Kier molecular flexibility index (Phi) is 8.34. The van der Waals surface area contributed by atoms with E-state index in [9.17, 15) is 28.0 Å². The van der Waals surface area contributed by atoms with Gasteiger partial charge in [0.25, 0.3) is 11.8 Å². The van der Waals surface area contributed by atoms with Crippen molar-refractivity contribution >= 4 is 34.4 Å². The first-order valence-corrected chi connectivity index (χ1v) is 14.2. The molecule has 10 nitrogen and oxygen atoms in total. The maximum Gasteiger partial charge on any atom is 0.416 e. The van der Waals surface area contributed by atoms with Crippen molar-refractivity contribution in [3.63, 3.8) is 0 Å². The molecule has 0 aliphatic carbocycles. The fraction of sp³-hybridized carbons (Fsp3) is 0.312. The number of carbonyl (C=O) groups excluding carboxylic acids is 2. The molecule has 0 bridgehead atoms. The highest BCUT2D eigenvalue weighted by molar-refractivity contribution is 6.04. The van der Waals surface area contributed by atoms with Gasteiger partial charge in [-0.1, -0.05) is 39.0 Å². The summed E-state index contributed by atoms with van der Waals surface area (Å²) < 4.78 is 40.3. The number of hydrogen-bond donors (Lipinski definition) is 2.